The Morgan fingerprint density at radius 3 is 2.23 bits per heavy atom. The summed E-state index contributed by atoms with van der Waals surface area (Å²) in [6, 6.07) is -0.310. The summed E-state index contributed by atoms with van der Waals surface area (Å²) < 4.78 is 0. The Morgan fingerprint density at radius 2 is 2.15 bits per heavy atom. The second-order valence-electron chi connectivity index (χ2n) is 2.32. The van der Waals surface area contributed by atoms with Crippen molar-refractivity contribution in [3.05, 3.63) is 12.7 Å². The van der Waals surface area contributed by atoms with Crippen molar-refractivity contribution in [1.29, 1.82) is 0 Å². The van der Waals surface area contributed by atoms with Gasteiger partial charge in [0.25, 0.3) is 0 Å². The number of carbonyl (C=O) groups excluding carboxylic acids is 3. The zero-order chi connectivity index (χ0) is 10.4. The van der Waals surface area contributed by atoms with E-state index in [4.69, 9.17) is 0 Å². The summed E-state index contributed by atoms with van der Waals surface area (Å²) in [6.45, 7) is 3.28. The minimum Gasteiger partial charge on any atom is -0.366 e. The Kier molecular flexibility index (Phi) is 4.21. The van der Waals surface area contributed by atoms with Crippen LogP contribution in [0, 0.1) is 0 Å². The summed E-state index contributed by atoms with van der Waals surface area (Å²) in [4.78, 5) is 31.5. The first-order valence-corrected chi connectivity index (χ1v) is 3.44. The summed E-state index contributed by atoms with van der Waals surface area (Å²) in [6.07, 6.45) is 1.06. The molecule has 0 saturated carbocycles. The zero-order valence-corrected chi connectivity index (χ0v) is 7.24. The number of urea groups is 1. The monoisotopic (exact) mass is 185 g/mol. The number of imide groups is 1. The van der Waals surface area contributed by atoms with Crippen molar-refractivity contribution in [2.24, 2.45) is 5.73 Å². The van der Waals surface area contributed by atoms with Gasteiger partial charge in [-0.25, -0.2) is 4.79 Å². The summed E-state index contributed by atoms with van der Waals surface area (Å²) in [5.74, 6) is -0.706. The summed E-state index contributed by atoms with van der Waals surface area (Å²) in [7, 11) is 1.57. The van der Waals surface area contributed by atoms with Crippen molar-refractivity contribution in [2.75, 3.05) is 13.6 Å². The van der Waals surface area contributed by atoms with E-state index in [1.807, 2.05) is 0 Å². The van der Waals surface area contributed by atoms with Gasteiger partial charge in [0.15, 0.2) is 0 Å². The SMILES string of the molecule is C=CC(N)=O.CN1CC(=O)NC1=O. The quantitative estimate of drug-likeness (QED) is 0.398. The molecule has 1 saturated heterocycles. The topological polar surface area (TPSA) is 92.5 Å². The van der Waals surface area contributed by atoms with Crippen LogP contribution in [0.15, 0.2) is 12.7 Å². The highest BCUT2D eigenvalue weighted by Crippen LogP contribution is 1.90. The van der Waals surface area contributed by atoms with Crippen molar-refractivity contribution < 1.29 is 14.4 Å². The zero-order valence-electron chi connectivity index (χ0n) is 7.24. The normalized spacial score (nSPS) is 14.4. The van der Waals surface area contributed by atoms with E-state index in [1.54, 1.807) is 7.05 Å². The third-order valence-corrected chi connectivity index (χ3v) is 1.18. The molecule has 0 aromatic rings. The van der Waals surface area contributed by atoms with Crippen LogP contribution in [0.4, 0.5) is 4.79 Å². The lowest BCUT2D eigenvalue weighted by molar-refractivity contribution is -0.118. The van der Waals surface area contributed by atoms with Crippen molar-refractivity contribution >= 4 is 17.8 Å². The highest BCUT2D eigenvalue weighted by molar-refractivity contribution is 6.01. The number of likely N-dealkylation sites (N-methyl/N-ethyl adjacent to an activating group) is 1. The number of nitrogens with two attached hydrogens (primary N) is 1. The first-order valence-electron chi connectivity index (χ1n) is 3.44. The number of hydrogen-bond acceptors (Lipinski definition) is 3. The summed E-state index contributed by atoms with van der Waals surface area (Å²) >= 11 is 0. The van der Waals surface area contributed by atoms with E-state index in [-0.39, 0.29) is 18.5 Å². The Balaban J connectivity index is 0.000000252. The Morgan fingerprint density at radius 1 is 1.69 bits per heavy atom. The van der Waals surface area contributed by atoms with Gasteiger partial charge >= 0.3 is 6.03 Å². The Hall–Kier alpha value is -1.85. The fourth-order valence-corrected chi connectivity index (χ4v) is 0.541. The maximum Gasteiger partial charge on any atom is 0.324 e. The molecule has 4 amide bonds. The molecule has 6 nitrogen and oxygen atoms in total. The summed E-state index contributed by atoms with van der Waals surface area (Å²) in [5.41, 5.74) is 4.53. The van der Waals surface area contributed by atoms with E-state index in [9.17, 15) is 14.4 Å². The van der Waals surface area contributed by atoms with E-state index in [0.717, 1.165) is 6.08 Å². The van der Waals surface area contributed by atoms with Crippen LogP contribution >= 0.6 is 0 Å². The highest BCUT2D eigenvalue weighted by atomic mass is 16.2. The number of carbonyl (C=O) groups is 3. The Bertz CT molecular complexity index is 249. The predicted octanol–water partition coefficient (Wildman–Crippen LogP) is -1.17. The average molecular weight is 185 g/mol. The van der Waals surface area contributed by atoms with Gasteiger partial charge in [0.1, 0.15) is 6.54 Å². The first-order chi connectivity index (χ1) is 5.97. The molecule has 1 aliphatic rings. The van der Waals surface area contributed by atoms with Gasteiger partial charge in [-0.05, 0) is 6.08 Å². The molecular weight excluding hydrogens is 174 g/mol. The molecule has 0 aromatic heterocycles. The van der Waals surface area contributed by atoms with E-state index in [2.05, 4.69) is 17.6 Å². The van der Waals surface area contributed by atoms with Crippen LogP contribution in [-0.2, 0) is 9.59 Å². The lowest BCUT2D eigenvalue weighted by Crippen LogP contribution is -2.24. The number of nitrogens with one attached hydrogen (secondary N) is 1. The molecule has 0 unspecified atom stereocenters. The Labute approximate surface area is 75.4 Å². The minimum absolute atomic E-state index is 0.193. The van der Waals surface area contributed by atoms with Gasteiger partial charge in [-0.2, -0.15) is 0 Å². The van der Waals surface area contributed by atoms with Crippen molar-refractivity contribution in [1.82, 2.24) is 10.2 Å². The third kappa shape index (κ3) is 4.57. The molecule has 0 aromatic carbocycles. The van der Waals surface area contributed by atoms with Gasteiger partial charge in [0, 0.05) is 7.05 Å². The number of rotatable bonds is 1. The maximum atomic E-state index is 10.4. The average Bonchev–Trinajstić information content (AvgIpc) is 2.31. The van der Waals surface area contributed by atoms with E-state index < -0.39 is 5.91 Å². The number of nitrogens with zero attached hydrogens (tertiary/aromatic N) is 1. The van der Waals surface area contributed by atoms with Crippen LogP contribution in [0.5, 0.6) is 0 Å². The predicted molar refractivity (Wildman–Crippen MR) is 45.6 cm³/mol. The van der Waals surface area contributed by atoms with Crippen LogP contribution in [0.2, 0.25) is 0 Å². The molecule has 0 aliphatic carbocycles. The number of hydrogen-bond donors (Lipinski definition) is 2. The standard InChI is InChI=1S/C4H6N2O2.C3H5NO/c1-6-2-3(7)5-4(6)8;1-2-3(4)5/h2H2,1H3,(H,5,7,8);2H,1H2,(H2,4,5). The molecule has 1 heterocycles. The molecule has 1 fully saturated rings. The van der Waals surface area contributed by atoms with Gasteiger partial charge in [-0.3, -0.25) is 14.9 Å². The second-order valence-corrected chi connectivity index (χ2v) is 2.32. The van der Waals surface area contributed by atoms with Crippen LogP contribution in [0.1, 0.15) is 0 Å². The molecule has 72 valence electrons. The molecule has 0 atom stereocenters. The second kappa shape index (κ2) is 4.91. The van der Waals surface area contributed by atoms with Gasteiger partial charge in [0.05, 0.1) is 0 Å². The lowest BCUT2D eigenvalue weighted by atomic mass is 10.6. The molecule has 0 spiro atoms. The molecule has 3 N–H and O–H groups in total. The van der Waals surface area contributed by atoms with Crippen LogP contribution in [0.3, 0.4) is 0 Å². The number of amides is 4. The fraction of sp³-hybridized carbons (Fsp3) is 0.286. The van der Waals surface area contributed by atoms with Crippen molar-refractivity contribution in [3.63, 3.8) is 0 Å². The van der Waals surface area contributed by atoms with Gasteiger partial charge in [-0.15, -0.1) is 0 Å². The van der Waals surface area contributed by atoms with Crippen LogP contribution in [-0.4, -0.2) is 36.3 Å². The van der Waals surface area contributed by atoms with Gasteiger partial charge < -0.3 is 10.6 Å². The van der Waals surface area contributed by atoms with Gasteiger partial charge in [-0.1, -0.05) is 6.58 Å². The van der Waals surface area contributed by atoms with Crippen molar-refractivity contribution in [2.45, 2.75) is 0 Å². The fourth-order valence-electron chi connectivity index (χ4n) is 0.541. The third-order valence-electron chi connectivity index (χ3n) is 1.18. The largest absolute Gasteiger partial charge is 0.366 e. The van der Waals surface area contributed by atoms with Crippen LogP contribution in [0.25, 0.3) is 0 Å². The smallest absolute Gasteiger partial charge is 0.324 e. The van der Waals surface area contributed by atoms with Gasteiger partial charge in [0.2, 0.25) is 11.8 Å². The molecular formula is C7H11N3O3. The maximum absolute atomic E-state index is 10.4. The molecule has 0 bridgehead atoms. The first kappa shape index (κ1) is 11.2. The van der Waals surface area contributed by atoms with E-state index >= 15 is 0 Å². The molecule has 13 heavy (non-hydrogen) atoms. The van der Waals surface area contributed by atoms with E-state index in [1.165, 1.54) is 4.90 Å². The minimum atomic E-state index is -0.481. The lowest BCUT2D eigenvalue weighted by Gasteiger charge is -1.99. The van der Waals surface area contributed by atoms with Crippen LogP contribution < -0.4 is 11.1 Å². The summed E-state index contributed by atoms with van der Waals surface area (Å²) in [5, 5.41) is 2.11. The highest BCUT2D eigenvalue weighted by Gasteiger charge is 2.21. The van der Waals surface area contributed by atoms with Crippen molar-refractivity contribution in [3.8, 4) is 0 Å². The number of primary amides is 1. The molecule has 6 heteroatoms. The molecule has 1 rings (SSSR count). The molecule has 1 aliphatic heterocycles. The molecule has 0 radical (unpaired) electrons. The van der Waals surface area contributed by atoms with E-state index in [0.29, 0.717) is 0 Å².